The number of nitrogens with two attached hydrogens (primary N) is 1. The van der Waals surface area contributed by atoms with Crippen molar-refractivity contribution in [2.24, 2.45) is 11.7 Å². The Morgan fingerprint density at radius 1 is 1.41 bits per heavy atom. The molecule has 5 N–H and O–H groups in total. The maximum Gasteiger partial charge on any atom is 0.306 e. The highest BCUT2D eigenvalue weighted by molar-refractivity contribution is 5.74. The molecule has 7 nitrogen and oxygen atoms in total. The summed E-state index contributed by atoms with van der Waals surface area (Å²) < 4.78 is 0. The number of primary amides is 1. The molecule has 0 bridgehead atoms. The summed E-state index contributed by atoms with van der Waals surface area (Å²) in [5.41, 5.74) is 6.37. The molecule has 7 heteroatoms. The van der Waals surface area contributed by atoms with Crippen LogP contribution in [0.3, 0.4) is 0 Å². The molecule has 0 radical (unpaired) electrons. The van der Waals surface area contributed by atoms with E-state index in [2.05, 4.69) is 5.48 Å². The van der Waals surface area contributed by atoms with Gasteiger partial charge in [-0.05, 0) is 25.7 Å². The highest BCUT2D eigenvalue weighted by atomic mass is 16.6. The Hall–Kier alpha value is -1.18. The first kappa shape index (κ1) is 13.9. The number of carbonyl (C=O) groups excluding carboxylic acids is 1. The quantitative estimate of drug-likeness (QED) is 0.352. The molecule has 1 rings (SSSR count). The van der Waals surface area contributed by atoms with Crippen molar-refractivity contribution in [1.82, 2.24) is 5.48 Å². The number of aliphatic hydroxyl groups is 1. The van der Waals surface area contributed by atoms with Crippen molar-refractivity contribution in [1.29, 1.82) is 0 Å². The van der Waals surface area contributed by atoms with Crippen LogP contribution in [-0.4, -0.2) is 40.8 Å². The maximum atomic E-state index is 10.7. The zero-order valence-corrected chi connectivity index (χ0v) is 9.52. The lowest BCUT2D eigenvalue weighted by atomic mass is 9.79. The minimum absolute atomic E-state index is 0.159. The fraction of sp³-hybridized carbons (Fsp3) is 0.800. The first-order valence-electron chi connectivity index (χ1n) is 5.51. The van der Waals surface area contributed by atoms with Crippen LogP contribution in [0.25, 0.3) is 0 Å². The lowest BCUT2D eigenvalue weighted by Gasteiger charge is -2.34. The van der Waals surface area contributed by atoms with Crippen molar-refractivity contribution in [2.75, 3.05) is 13.2 Å². The highest BCUT2D eigenvalue weighted by Crippen LogP contribution is 2.31. The third kappa shape index (κ3) is 4.68. The van der Waals surface area contributed by atoms with Crippen LogP contribution in [0, 0.1) is 5.92 Å². The van der Waals surface area contributed by atoms with E-state index in [0.29, 0.717) is 25.7 Å². The van der Waals surface area contributed by atoms with Crippen molar-refractivity contribution in [3.63, 3.8) is 0 Å². The minimum Gasteiger partial charge on any atom is -0.481 e. The number of aliphatic carboxylic acids is 1. The second kappa shape index (κ2) is 5.95. The normalized spacial score (nSPS) is 28.9. The number of nitrogens with one attached hydrogen (secondary N) is 1. The second-order valence-corrected chi connectivity index (χ2v) is 4.41. The molecule has 0 heterocycles. The SMILES string of the molecule is NC(=O)CONCC1(O)CCC(C(=O)O)CC1. The van der Waals surface area contributed by atoms with Crippen LogP contribution in [0.1, 0.15) is 25.7 Å². The molecule has 17 heavy (non-hydrogen) atoms. The van der Waals surface area contributed by atoms with Crippen LogP contribution in [0.4, 0.5) is 0 Å². The summed E-state index contributed by atoms with van der Waals surface area (Å²) in [7, 11) is 0. The van der Waals surface area contributed by atoms with E-state index in [-0.39, 0.29) is 19.1 Å². The fourth-order valence-corrected chi connectivity index (χ4v) is 1.89. The summed E-state index contributed by atoms with van der Waals surface area (Å²) in [6, 6.07) is 0. The van der Waals surface area contributed by atoms with Gasteiger partial charge in [0.05, 0.1) is 11.5 Å². The molecule has 1 aliphatic rings. The average molecular weight is 246 g/mol. The number of hydrogen-bond donors (Lipinski definition) is 4. The number of carbonyl (C=O) groups is 2. The molecule has 0 saturated heterocycles. The highest BCUT2D eigenvalue weighted by Gasteiger charge is 2.35. The monoisotopic (exact) mass is 246 g/mol. The molecule has 0 spiro atoms. The van der Waals surface area contributed by atoms with Crippen LogP contribution in [0.5, 0.6) is 0 Å². The maximum absolute atomic E-state index is 10.7. The zero-order chi connectivity index (χ0) is 12.9. The summed E-state index contributed by atoms with van der Waals surface area (Å²) in [5, 5.41) is 18.9. The van der Waals surface area contributed by atoms with E-state index in [1.165, 1.54) is 0 Å². The molecule has 1 saturated carbocycles. The second-order valence-electron chi connectivity index (χ2n) is 4.41. The average Bonchev–Trinajstić information content (AvgIpc) is 2.25. The first-order valence-corrected chi connectivity index (χ1v) is 5.51. The standard InChI is InChI=1S/C10H18N2O5/c11-8(13)5-17-12-6-10(16)3-1-7(2-4-10)9(14)15/h7,12,16H,1-6H2,(H2,11,13)(H,14,15). The summed E-state index contributed by atoms with van der Waals surface area (Å²) in [6.07, 6.45) is 1.69. The summed E-state index contributed by atoms with van der Waals surface area (Å²) in [5.74, 6) is -1.79. The summed E-state index contributed by atoms with van der Waals surface area (Å²) in [6.45, 7) is -0.0968. The van der Waals surface area contributed by atoms with Gasteiger partial charge in [-0.15, -0.1) is 0 Å². The predicted molar refractivity (Wildman–Crippen MR) is 57.7 cm³/mol. The Balaban J connectivity index is 2.25. The van der Waals surface area contributed by atoms with Crippen LogP contribution < -0.4 is 11.2 Å². The smallest absolute Gasteiger partial charge is 0.306 e. The number of amides is 1. The third-order valence-electron chi connectivity index (χ3n) is 2.98. The fourth-order valence-electron chi connectivity index (χ4n) is 1.89. The van der Waals surface area contributed by atoms with Crippen molar-refractivity contribution < 1.29 is 24.6 Å². The Kier molecular flexibility index (Phi) is 4.86. The van der Waals surface area contributed by atoms with Crippen molar-refractivity contribution in [3.8, 4) is 0 Å². The largest absolute Gasteiger partial charge is 0.481 e. The van der Waals surface area contributed by atoms with Gasteiger partial charge in [-0.2, -0.15) is 5.48 Å². The summed E-state index contributed by atoms with van der Waals surface area (Å²) in [4.78, 5) is 25.8. The van der Waals surface area contributed by atoms with Gasteiger partial charge in [0, 0.05) is 6.54 Å². The topological polar surface area (TPSA) is 122 Å². The number of rotatable bonds is 6. The van der Waals surface area contributed by atoms with Crippen LogP contribution in [0.2, 0.25) is 0 Å². The van der Waals surface area contributed by atoms with Crippen molar-refractivity contribution >= 4 is 11.9 Å². The number of hydroxylamine groups is 1. The van der Waals surface area contributed by atoms with Crippen LogP contribution in [0.15, 0.2) is 0 Å². The van der Waals surface area contributed by atoms with Gasteiger partial charge in [0.1, 0.15) is 6.61 Å². The summed E-state index contributed by atoms with van der Waals surface area (Å²) >= 11 is 0. The molecular weight excluding hydrogens is 228 g/mol. The molecule has 1 fully saturated rings. The zero-order valence-electron chi connectivity index (χ0n) is 9.52. The van der Waals surface area contributed by atoms with Gasteiger partial charge in [-0.3, -0.25) is 14.4 Å². The van der Waals surface area contributed by atoms with E-state index < -0.39 is 17.5 Å². The van der Waals surface area contributed by atoms with E-state index in [4.69, 9.17) is 15.7 Å². The van der Waals surface area contributed by atoms with Gasteiger partial charge < -0.3 is 15.9 Å². The van der Waals surface area contributed by atoms with Gasteiger partial charge >= 0.3 is 5.97 Å². The van der Waals surface area contributed by atoms with Crippen molar-refractivity contribution in [2.45, 2.75) is 31.3 Å². The van der Waals surface area contributed by atoms with Crippen molar-refractivity contribution in [3.05, 3.63) is 0 Å². The molecule has 98 valence electrons. The van der Waals surface area contributed by atoms with Crippen LogP contribution in [-0.2, 0) is 14.4 Å². The number of hydrogen-bond acceptors (Lipinski definition) is 5. The minimum atomic E-state index is -0.969. The Morgan fingerprint density at radius 2 is 2.00 bits per heavy atom. The number of carboxylic acids is 1. The Bertz CT molecular complexity index is 286. The molecule has 0 unspecified atom stereocenters. The predicted octanol–water partition coefficient (Wildman–Crippen LogP) is -1.00. The van der Waals surface area contributed by atoms with Gasteiger partial charge in [-0.25, -0.2) is 0 Å². The van der Waals surface area contributed by atoms with Crippen LogP contribution >= 0.6 is 0 Å². The molecule has 0 atom stereocenters. The molecule has 0 aromatic heterocycles. The molecule has 0 aromatic rings. The van der Waals surface area contributed by atoms with E-state index in [1.54, 1.807) is 0 Å². The van der Waals surface area contributed by atoms with Gasteiger partial charge in [0.25, 0.3) is 0 Å². The Morgan fingerprint density at radius 3 is 2.47 bits per heavy atom. The molecule has 1 amide bonds. The molecule has 0 aromatic carbocycles. The Labute approximate surface area is 98.9 Å². The third-order valence-corrected chi connectivity index (χ3v) is 2.98. The van der Waals surface area contributed by atoms with Gasteiger partial charge in [0.2, 0.25) is 5.91 Å². The molecular formula is C10H18N2O5. The lowest BCUT2D eigenvalue weighted by molar-refractivity contribution is -0.145. The van der Waals surface area contributed by atoms with E-state index in [0.717, 1.165) is 0 Å². The molecule has 0 aliphatic heterocycles. The molecule has 1 aliphatic carbocycles. The lowest BCUT2D eigenvalue weighted by Crippen LogP contribution is -2.45. The first-order chi connectivity index (χ1) is 7.93. The van der Waals surface area contributed by atoms with E-state index in [1.807, 2.05) is 0 Å². The van der Waals surface area contributed by atoms with Gasteiger partial charge in [-0.1, -0.05) is 0 Å². The van der Waals surface area contributed by atoms with Gasteiger partial charge in [0.15, 0.2) is 0 Å². The number of carboxylic acid groups (broad SMARTS) is 1. The van der Waals surface area contributed by atoms with E-state index in [9.17, 15) is 14.7 Å². The van der Waals surface area contributed by atoms with E-state index >= 15 is 0 Å².